The first-order valence-corrected chi connectivity index (χ1v) is 8.50. The third kappa shape index (κ3) is 2.84. The summed E-state index contributed by atoms with van der Waals surface area (Å²) >= 11 is 0. The van der Waals surface area contributed by atoms with Crippen molar-refractivity contribution in [2.24, 2.45) is 5.73 Å². The van der Waals surface area contributed by atoms with E-state index < -0.39 is 0 Å². The van der Waals surface area contributed by atoms with Crippen LogP contribution in [-0.2, 0) is 0 Å². The van der Waals surface area contributed by atoms with Crippen molar-refractivity contribution in [3.8, 4) is 5.75 Å². The minimum absolute atomic E-state index is 0.0784. The summed E-state index contributed by atoms with van der Waals surface area (Å²) in [5.74, 6) is 0.805. The van der Waals surface area contributed by atoms with Crippen LogP contribution >= 0.6 is 0 Å². The lowest BCUT2D eigenvalue weighted by atomic mass is 10.1. The van der Waals surface area contributed by atoms with E-state index in [-0.39, 0.29) is 17.7 Å². The van der Waals surface area contributed by atoms with Crippen LogP contribution in [0.2, 0.25) is 0 Å². The number of nitrogens with zero attached hydrogens (tertiary/aromatic N) is 4. The standard InChI is InChI=1S/C18H20N6O2/c19-9-13-10-23(17-15-4-5-20-16(15)21-11-22-17)6-7-24(13)18(26)12-2-1-3-14(25)8-12/h1-5,8,11,13,25H,6-7,9-10,19H2,(H,20,21,22). The van der Waals surface area contributed by atoms with Crippen LogP contribution in [0.1, 0.15) is 10.4 Å². The SMILES string of the molecule is NCC1CN(c2ncnc3[nH]ccc23)CCN1C(=O)c1cccc(O)c1. The maximum atomic E-state index is 12.8. The lowest BCUT2D eigenvalue weighted by Gasteiger charge is -2.41. The van der Waals surface area contributed by atoms with Crippen LogP contribution in [0.4, 0.5) is 5.82 Å². The number of aromatic hydroxyl groups is 1. The normalized spacial score (nSPS) is 17.7. The number of nitrogens with two attached hydrogens (primary N) is 1. The number of benzene rings is 1. The lowest BCUT2D eigenvalue weighted by Crippen LogP contribution is -2.58. The van der Waals surface area contributed by atoms with Crippen LogP contribution in [-0.4, -0.2) is 63.1 Å². The van der Waals surface area contributed by atoms with Crippen LogP contribution in [0.5, 0.6) is 5.75 Å². The number of hydrogen-bond donors (Lipinski definition) is 3. The average Bonchev–Trinajstić information content (AvgIpc) is 3.16. The fourth-order valence-corrected chi connectivity index (χ4v) is 3.43. The number of carbonyl (C=O) groups is 1. The maximum absolute atomic E-state index is 12.8. The molecule has 0 aliphatic carbocycles. The molecule has 1 amide bonds. The number of nitrogens with one attached hydrogen (secondary N) is 1. The highest BCUT2D eigenvalue weighted by Gasteiger charge is 2.31. The van der Waals surface area contributed by atoms with E-state index in [4.69, 9.17) is 5.73 Å². The largest absolute Gasteiger partial charge is 0.508 e. The molecule has 26 heavy (non-hydrogen) atoms. The van der Waals surface area contributed by atoms with Crippen LogP contribution in [0, 0.1) is 0 Å². The smallest absolute Gasteiger partial charge is 0.254 e. The second-order valence-electron chi connectivity index (χ2n) is 6.32. The number of hydrogen-bond acceptors (Lipinski definition) is 6. The number of rotatable bonds is 3. The van der Waals surface area contributed by atoms with Crippen LogP contribution in [0.25, 0.3) is 11.0 Å². The number of piperazine rings is 1. The van der Waals surface area contributed by atoms with E-state index in [0.717, 1.165) is 16.9 Å². The van der Waals surface area contributed by atoms with Crippen molar-refractivity contribution in [1.82, 2.24) is 19.9 Å². The molecule has 1 atom stereocenters. The van der Waals surface area contributed by atoms with E-state index in [9.17, 15) is 9.90 Å². The summed E-state index contributed by atoms with van der Waals surface area (Å²) in [5.41, 5.74) is 7.22. The zero-order chi connectivity index (χ0) is 18.1. The second-order valence-corrected chi connectivity index (χ2v) is 6.32. The van der Waals surface area contributed by atoms with Crippen molar-refractivity contribution in [3.05, 3.63) is 48.4 Å². The molecule has 0 saturated carbocycles. The molecule has 1 aromatic carbocycles. The first-order valence-electron chi connectivity index (χ1n) is 8.50. The maximum Gasteiger partial charge on any atom is 0.254 e. The fourth-order valence-electron chi connectivity index (χ4n) is 3.43. The summed E-state index contributed by atoms with van der Waals surface area (Å²) in [6.45, 7) is 2.13. The Morgan fingerprint density at radius 3 is 3.00 bits per heavy atom. The highest BCUT2D eigenvalue weighted by Crippen LogP contribution is 2.25. The van der Waals surface area contributed by atoms with Gasteiger partial charge in [-0.05, 0) is 24.3 Å². The summed E-state index contributed by atoms with van der Waals surface area (Å²) in [4.78, 5) is 28.5. The Kier molecular flexibility index (Phi) is 4.18. The van der Waals surface area contributed by atoms with Gasteiger partial charge in [-0.15, -0.1) is 0 Å². The van der Waals surface area contributed by atoms with Gasteiger partial charge in [0.15, 0.2) is 0 Å². The number of aromatic nitrogens is 3. The summed E-state index contributed by atoms with van der Waals surface area (Å²) < 4.78 is 0. The highest BCUT2D eigenvalue weighted by molar-refractivity contribution is 5.95. The molecule has 0 bridgehead atoms. The summed E-state index contributed by atoms with van der Waals surface area (Å²) in [6, 6.07) is 8.22. The van der Waals surface area contributed by atoms with Gasteiger partial charge in [0, 0.05) is 37.9 Å². The molecule has 134 valence electrons. The zero-order valence-corrected chi connectivity index (χ0v) is 14.2. The Labute approximate surface area is 150 Å². The minimum atomic E-state index is -0.137. The van der Waals surface area contributed by atoms with Gasteiger partial charge >= 0.3 is 0 Å². The van der Waals surface area contributed by atoms with Gasteiger partial charge < -0.3 is 25.6 Å². The average molecular weight is 352 g/mol. The quantitative estimate of drug-likeness (QED) is 0.647. The molecular formula is C18H20N6O2. The molecule has 1 aliphatic rings. The van der Waals surface area contributed by atoms with Crippen molar-refractivity contribution < 1.29 is 9.90 Å². The second kappa shape index (κ2) is 6.64. The number of amides is 1. The van der Waals surface area contributed by atoms with Gasteiger partial charge in [0.25, 0.3) is 5.91 Å². The van der Waals surface area contributed by atoms with Gasteiger partial charge in [0.05, 0.1) is 11.4 Å². The summed E-state index contributed by atoms with van der Waals surface area (Å²) in [6.07, 6.45) is 3.38. The fraction of sp³-hybridized carbons (Fsp3) is 0.278. The zero-order valence-electron chi connectivity index (χ0n) is 14.2. The minimum Gasteiger partial charge on any atom is -0.508 e. The van der Waals surface area contributed by atoms with Crippen molar-refractivity contribution in [1.29, 1.82) is 0 Å². The van der Waals surface area contributed by atoms with Crippen molar-refractivity contribution in [2.75, 3.05) is 31.1 Å². The van der Waals surface area contributed by atoms with Gasteiger partial charge in [-0.25, -0.2) is 9.97 Å². The molecule has 1 aliphatic heterocycles. The molecule has 3 heterocycles. The molecule has 0 spiro atoms. The molecule has 1 fully saturated rings. The Morgan fingerprint density at radius 1 is 1.31 bits per heavy atom. The Hall–Kier alpha value is -3.13. The Bertz CT molecular complexity index is 940. The van der Waals surface area contributed by atoms with Gasteiger partial charge in [-0.1, -0.05) is 6.07 Å². The third-order valence-electron chi connectivity index (χ3n) is 4.74. The van der Waals surface area contributed by atoms with E-state index in [0.29, 0.717) is 31.7 Å². The molecule has 2 aromatic heterocycles. The first kappa shape index (κ1) is 16.3. The molecular weight excluding hydrogens is 332 g/mol. The van der Waals surface area contributed by atoms with Crippen molar-refractivity contribution in [3.63, 3.8) is 0 Å². The third-order valence-corrected chi connectivity index (χ3v) is 4.74. The van der Waals surface area contributed by atoms with Crippen LogP contribution in [0.15, 0.2) is 42.9 Å². The van der Waals surface area contributed by atoms with Gasteiger partial charge in [0.1, 0.15) is 23.5 Å². The van der Waals surface area contributed by atoms with E-state index in [1.807, 2.05) is 12.3 Å². The summed E-state index contributed by atoms with van der Waals surface area (Å²) in [5, 5.41) is 10.6. The van der Waals surface area contributed by atoms with Gasteiger partial charge in [-0.3, -0.25) is 4.79 Å². The number of phenols is 1. The van der Waals surface area contributed by atoms with Crippen LogP contribution in [0.3, 0.4) is 0 Å². The Balaban J connectivity index is 1.57. The van der Waals surface area contributed by atoms with E-state index in [1.165, 1.54) is 12.4 Å². The number of H-pyrrole nitrogens is 1. The van der Waals surface area contributed by atoms with E-state index in [1.54, 1.807) is 23.1 Å². The lowest BCUT2D eigenvalue weighted by molar-refractivity contribution is 0.0663. The van der Waals surface area contributed by atoms with Gasteiger partial charge in [0.2, 0.25) is 0 Å². The topological polar surface area (TPSA) is 111 Å². The molecule has 1 unspecified atom stereocenters. The van der Waals surface area contributed by atoms with E-state index in [2.05, 4.69) is 19.9 Å². The molecule has 3 aromatic rings. The van der Waals surface area contributed by atoms with Crippen molar-refractivity contribution in [2.45, 2.75) is 6.04 Å². The van der Waals surface area contributed by atoms with E-state index >= 15 is 0 Å². The predicted octanol–water partition coefficient (Wildman–Crippen LogP) is 0.953. The molecule has 4 N–H and O–H groups in total. The monoisotopic (exact) mass is 352 g/mol. The van der Waals surface area contributed by atoms with Gasteiger partial charge in [-0.2, -0.15) is 0 Å². The number of fused-ring (bicyclic) bond motifs is 1. The Morgan fingerprint density at radius 2 is 2.19 bits per heavy atom. The number of anilines is 1. The van der Waals surface area contributed by atoms with Crippen LogP contribution < -0.4 is 10.6 Å². The summed E-state index contributed by atoms with van der Waals surface area (Å²) in [7, 11) is 0. The predicted molar refractivity (Wildman–Crippen MR) is 98.1 cm³/mol. The molecule has 1 saturated heterocycles. The molecule has 4 rings (SSSR count). The number of phenolic OH excluding ortho intramolecular Hbond substituents is 1. The van der Waals surface area contributed by atoms with Crippen molar-refractivity contribution >= 4 is 22.8 Å². The highest BCUT2D eigenvalue weighted by atomic mass is 16.3. The molecule has 0 radical (unpaired) electrons. The number of carbonyl (C=O) groups excluding carboxylic acids is 1. The number of aromatic amines is 1. The molecule has 8 heteroatoms. The molecule has 8 nitrogen and oxygen atoms in total. The first-order chi connectivity index (χ1) is 12.7.